The molecule has 0 saturated carbocycles. The highest BCUT2D eigenvalue weighted by molar-refractivity contribution is 5.36. The van der Waals surface area contributed by atoms with Crippen molar-refractivity contribution in [2.24, 2.45) is 5.92 Å². The van der Waals surface area contributed by atoms with E-state index in [1.807, 2.05) is 0 Å². The molecule has 1 N–H and O–H groups in total. The van der Waals surface area contributed by atoms with Crippen molar-refractivity contribution in [1.82, 2.24) is 5.32 Å². The third kappa shape index (κ3) is 5.93. The van der Waals surface area contributed by atoms with Gasteiger partial charge >= 0.3 is 0 Å². The fourth-order valence-electron chi connectivity index (χ4n) is 2.12. The maximum Gasteiger partial charge on any atom is 0.123 e. The Bertz CT molecular complexity index is 375. The zero-order valence-electron chi connectivity index (χ0n) is 13.4. The van der Waals surface area contributed by atoms with Crippen LogP contribution in [-0.4, -0.2) is 26.9 Å². The predicted octanol–water partition coefficient (Wildman–Crippen LogP) is 3.55. The highest BCUT2D eigenvalue weighted by atomic mass is 16.5. The van der Waals surface area contributed by atoms with Crippen LogP contribution >= 0.6 is 0 Å². The first-order valence-electron chi connectivity index (χ1n) is 7.63. The molecule has 1 aromatic rings. The van der Waals surface area contributed by atoms with Crippen molar-refractivity contribution in [2.75, 3.05) is 26.9 Å². The van der Waals surface area contributed by atoms with Crippen LogP contribution in [0.15, 0.2) is 18.2 Å². The summed E-state index contributed by atoms with van der Waals surface area (Å²) in [6, 6.07) is 6.40. The molecule has 0 atom stereocenters. The molecule has 1 aromatic carbocycles. The number of rotatable bonds is 10. The van der Waals surface area contributed by atoms with Crippen molar-refractivity contribution in [2.45, 2.75) is 40.2 Å². The van der Waals surface area contributed by atoms with Crippen molar-refractivity contribution in [3.8, 4) is 5.75 Å². The van der Waals surface area contributed by atoms with Gasteiger partial charge in [-0.25, -0.2) is 0 Å². The van der Waals surface area contributed by atoms with Gasteiger partial charge in [0, 0.05) is 25.8 Å². The maximum atomic E-state index is 6.02. The summed E-state index contributed by atoms with van der Waals surface area (Å²) in [5, 5.41) is 3.38. The second-order valence-corrected chi connectivity index (χ2v) is 5.27. The quantitative estimate of drug-likeness (QED) is 0.664. The number of methoxy groups -OCH3 is 1. The van der Waals surface area contributed by atoms with Gasteiger partial charge in [-0.1, -0.05) is 44.4 Å². The highest BCUT2D eigenvalue weighted by Gasteiger charge is 2.08. The second-order valence-electron chi connectivity index (χ2n) is 5.27. The van der Waals surface area contributed by atoms with Gasteiger partial charge in [0.25, 0.3) is 0 Å². The predicted molar refractivity (Wildman–Crippen MR) is 84.3 cm³/mol. The minimum absolute atomic E-state index is 0.644. The zero-order chi connectivity index (χ0) is 14.8. The molecule has 0 aliphatic heterocycles. The van der Waals surface area contributed by atoms with Crippen LogP contribution < -0.4 is 10.1 Å². The molecule has 0 bridgehead atoms. The summed E-state index contributed by atoms with van der Waals surface area (Å²) in [6.07, 6.45) is 2.34. The van der Waals surface area contributed by atoms with Crippen molar-refractivity contribution in [1.29, 1.82) is 0 Å². The maximum absolute atomic E-state index is 6.02. The molecule has 0 aliphatic carbocycles. The number of hydrogen-bond acceptors (Lipinski definition) is 3. The van der Waals surface area contributed by atoms with E-state index in [1.165, 1.54) is 24.0 Å². The van der Waals surface area contributed by atoms with Gasteiger partial charge in [0.2, 0.25) is 0 Å². The van der Waals surface area contributed by atoms with Gasteiger partial charge in [-0.2, -0.15) is 0 Å². The summed E-state index contributed by atoms with van der Waals surface area (Å²) >= 11 is 0. The fourth-order valence-corrected chi connectivity index (χ4v) is 2.12. The lowest BCUT2D eigenvalue weighted by molar-refractivity contribution is 0.198. The Kier molecular flexibility index (Phi) is 8.31. The molecule has 0 aliphatic rings. The average Bonchev–Trinajstić information content (AvgIpc) is 2.46. The lowest BCUT2D eigenvalue weighted by atomic mass is 10.1. The Morgan fingerprint density at radius 2 is 1.95 bits per heavy atom. The van der Waals surface area contributed by atoms with E-state index < -0.39 is 0 Å². The molecule has 0 unspecified atom stereocenters. The van der Waals surface area contributed by atoms with Crippen LogP contribution in [0.1, 0.15) is 37.8 Å². The number of ether oxygens (including phenoxy) is 2. The molecule has 0 radical (unpaired) electrons. The van der Waals surface area contributed by atoms with Crippen LogP contribution in [0.4, 0.5) is 0 Å². The summed E-state index contributed by atoms with van der Waals surface area (Å²) in [5.41, 5.74) is 2.50. The van der Waals surface area contributed by atoms with Crippen LogP contribution in [0.25, 0.3) is 0 Å². The first-order chi connectivity index (χ1) is 9.71. The molecule has 0 heterocycles. The standard InChI is InChI=1S/C17H29NO2/c1-5-15(6-2)13-20-17-8-7-14(3)11-16(17)12-18-9-10-19-4/h7-8,11,15,18H,5-6,9-10,12-13H2,1-4H3. The van der Waals surface area contributed by atoms with Crippen LogP contribution in [0.3, 0.4) is 0 Å². The highest BCUT2D eigenvalue weighted by Crippen LogP contribution is 2.21. The Labute approximate surface area is 123 Å². The van der Waals surface area contributed by atoms with E-state index in [9.17, 15) is 0 Å². The number of hydrogen-bond donors (Lipinski definition) is 1. The van der Waals surface area contributed by atoms with Gasteiger partial charge < -0.3 is 14.8 Å². The molecule has 0 fully saturated rings. The van der Waals surface area contributed by atoms with Gasteiger partial charge in [0.1, 0.15) is 5.75 Å². The number of benzene rings is 1. The summed E-state index contributed by atoms with van der Waals surface area (Å²) in [4.78, 5) is 0. The van der Waals surface area contributed by atoms with Gasteiger partial charge in [-0.05, 0) is 18.9 Å². The number of nitrogens with one attached hydrogen (secondary N) is 1. The van der Waals surface area contributed by atoms with Gasteiger partial charge in [0.15, 0.2) is 0 Å². The summed E-state index contributed by atoms with van der Waals surface area (Å²) in [5.74, 6) is 1.65. The van der Waals surface area contributed by atoms with E-state index in [0.717, 1.165) is 32.1 Å². The smallest absolute Gasteiger partial charge is 0.123 e. The Balaban J connectivity index is 2.59. The summed E-state index contributed by atoms with van der Waals surface area (Å²) < 4.78 is 11.1. The SMILES string of the molecule is CCC(CC)COc1ccc(C)cc1CNCCOC. The largest absolute Gasteiger partial charge is 0.493 e. The van der Waals surface area contributed by atoms with E-state index in [0.29, 0.717) is 5.92 Å². The molecule has 20 heavy (non-hydrogen) atoms. The van der Waals surface area contributed by atoms with Crippen LogP contribution in [0.5, 0.6) is 5.75 Å². The van der Waals surface area contributed by atoms with E-state index in [-0.39, 0.29) is 0 Å². The summed E-state index contributed by atoms with van der Waals surface area (Å²) in [7, 11) is 1.72. The van der Waals surface area contributed by atoms with Gasteiger partial charge in [-0.3, -0.25) is 0 Å². The molecular weight excluding hydrogens is 250 g/mol. The van der Waals surface area contributed by atoms with Crippen LogP contribution in [-0.2, 0) is 11.3 Å². The first kappa shape index (κ1) is 17.0. The van der Waals surface area contributed by atoms with Crippen molar-refractivity contribution in [3.63, 3.8) is 0 Å². The first-order valence-corrected chi connectivity index (χ1v) is 7.63. The van der Waals surface area contributed by atoms with Crippen LogP contribution in [0.2, 0.25) is 0 Å². The monoisotopic (exact) mass is 279 g/mol. The Morgan fingerprint density at radius 1 is 1.20 bits per heavy atom. The molecule has 114 valence electrons. The van der Waals surface area contributed by atoms with E-state index in [4.69, 9.17) is 9.47 Å². The molecule has 3 nitrogen and oxygen atoms in total. The lowest BCUT2D eigenvalue weighted by Crippen LogP contribution is -2.19. The van der Waals surface area contributed by atoms with E-state index in [1.54, 1.807) is 7.11 Å². The zero-order valence-corrected chi connectivity index (χ0v) is 13.4. The van der Waals surface area contributed by atoms with E-state index in [2.05, 4.69) is 44.3 Å². The topological polar surface area (TPSA) is 30.5 Å². The van der Waals surface area contributed by atoms with Crippen molar-refractivity contribution < 1.29 is 9.47 Å². The lowest BCUT2D eigenvalue weighted by Gasteiger charge is -2.17. The minimum Gasteiger partial charge on any atom is -0.493 e. The third-order valence-corrected chi connectivity index (χ3v) is 3.64. The Hall–Kier alpha value is -1.06. The second kappa shape index (κ2) is 9.78. The van der Waals surface area contributed by atoms with Gasteiger partial charge in [0.05, 0.1) is 13.2 Å². The molecule has 1 rings (SSSR count). The molecule has 0 amide bonds. The summed E-state index contributed by atoms with van der Waals surface area (Å²) in [6.45, 7) is 9.78. The molecule has 3 heteroatoms. The molecule has 0 saturated heterocycles. The van der Waals surface area contributed by atoms with Crippen LogP contribution in [0, 0.1) is 12.8 Å². The van der Waals surface area contributed by atoms with Crippen molar-refractivity contribution >= 4 is 0 Å². The normalized spacial score (nSPS) is 11.1. The minimum atomic E-state index is 0.644. The number of aryl methyl sites for hydroxylation is 1. The third-order valence-electron chi connectivity index (χ3n) is 3.64. The fraction of sp³-hybridized carbons (Fsp3) is 0.647. The Morgan fingerprint density at radius 3 is 2.60 bits per heavy atom. The van der Waals surface area contributed by atoms with Gasteiger partial charge in [-0.15, -0.1) is 0 Å². The van der Waals surface area contributed by atoms with Crippen molar-refractivity contribution in [3.05, 3.63) is 29.3 Å². The average molecular weight is 279 g/mol. The van der Waals surface area contributed by atoms with E-state index >= 15 is 0 Å². The molecule has 0 aromatic heterocycles. The molecule has 0 spiro atoms. The molecular formula is C17H29NO2.